The van der Waals surface area contributed by atoms with E-state index in [1.807, 2.05) is 25.1 Å². The van der Waals surface area contributed by atoms with Crippen molar-refractivity contribution in [2.75, 3.05) is 29.4 Å². The van der Waals surface area contributed by atoms with Gasteiger partial charge in [-0.3, -0.25) is 4.79 Å². The summed E-state index contributed by atoms with van der Waals surface area (Å²) in [6.45, 7) is 5.72. The number of nitrogens with one attached hydrogen (secondary N) is 1. The van der Waals surface area contributed by atoms with E-state index >= 15 is 0 Å². The average Bonchev–Trinajstić information content (AvgIpc) is 2.73. The number of piperidine rings is 1. The fourth-order valence-electron chi connectivity index (χ4n) is 4.29. The largest absolute Gasteiger partial charge is 0.356 e. The maximum absolute atomic E-state index is 13.0. The minimum atomic E-state index is -3.61. The summed E-state index contributed by atoms with van der Waals surface area (Å²) in [4.78, 5) is 20.6. The van der Waals surface area contributed by atoms with Gasteiger partial charge in [-0.1, -0.05) is 6.07 Å². The van der Waals surface area contributed by atoms with E-state index in [0.29, 0.717) is 6.54 Å². The third-order valence-electron chi connectivity index (χ3n) is 5.87. The smallest absolute Gasteiger partial charge is 0.240 e. The predicted octanol–water partition coefficient (Wildman–Crippen LogP) is 2.64. The third kappa shape index (κ3) is 4.34. The summed E-state index contributed by atoms with van der Waals surface area (Å²) in [7, 11) is -3.61. The SMILES string of the molecule is CC(=O)N1CCCc2cc(S(=O)(=O)NC3CCN(c4cccc(C)n4)CC3)ccc21. The van der Waals surface area contributed by atoms with E-state index in [9.17, 15) is 13.2 Å². The van der Waals surface area contributed by atoms with Gasteiger partial charge in [-0.2, -0.15) is 0 Å². The molecule has 4 rings (SSSR count). The molecular weight excluding hydrogens is 400 g/mol. The number of nitrogens with zero attached hydrogens (tertiary/aromatic N) is 3. The fraction of sp³-hybridized carbons (Fsp3) is 0.455. The van der Waals surface area contributed by atoms with Gasteiger partial charge in [-0.15, -0.1) is 0 Å². The van der Waals surface area contributed by atoms with Crippen molar-refractivity contribution < 1.29 is 13.2 Å². The first-order chi connectivity index (χ1) is 14.3. The molecule has 2 aliphatic heterocycles. The number of amides is 1. The molecular formula is C22H28N4O3S. The van der Waals surface area contributed by atoms with Crippen LogP contribution in [0.4, 0.5) is 11.5 Å². The molecule has 160 valence electrons. The molecule has 7 nitrogen and oxygen atoms in total. The quantitative estimate of drug-likeness (QED) is 0.810. The van der Waals surface area contributed by atoms with Crippen LogP contribution in [-0.2, 0) is 21.2 Å². The number of benzene rings is 1. The summed E-state index contributed by atoms with van der Waals surface area (Å²) in [6, 6.07) is 11.0. The maximum atomic E-state index is 13.0. The Bertz CT molecular complexity index is 1050. The van der Waals surface area contributed by atoms with E-state index in [-0.39, 0.29) is 16.8 Å². The van der Waals surface area contributed by atoms with Crippen molar-refractivity contribution >= 4 is 27.4 Å². The second-order valence-corrected chi connectivity index (χ2v) is 9.80. The molecule has 0 spiro atoms. The number of anilines is 2. The molecule has 0 radical (unpaired) electrons. The van der Waals surface area contributed by atoms with Crippen LogP contribution < -0.4 is 14.5 Å². The van der Waals surface area contributed by atoms with Gasteiger partial charge < -0.3 is 9.80 Å². The molecule has 2 aliphatic rings. The molecule has 1 amide bonds. The summed E-state index contributed by atoms with van der Waals surface area (Å²) >= 11 is 0. The number of aryl methyl sites for hydroxylation is 2. The second-order valence-electron chi connectivity index (χ2n) is 8.08. The number of carbonyl (C=O) groups excluding carboxylic acids is 1. The number of carbonyl (C=O) groups is 1. The number of fused-ring (bicyclic) bond motifs is 1. The first kappa shape index (κ1) is 20.8. The number of aromatic nitrogens is 1. The highest BCUT2D eigenvalue weighted by Gasteiger charge is 2.27. The second kappa shape index (κ2) is 8.35. The number of sulfonamides is 1. The third-order valence-corrected chi connectivity index (χ3v) is 7.39. The molecule has 0 saturated carbocycles. The molecule has 1 saturated heterocycles. The van der Waals surface area contributed by atoms with Gasteiger partial charge in [0.2, 0.25) is 15.9 Å². The van der Waals surface area contributed by atoms with Crippen LogP contribution in [0.1, 0.15) is 37.4 Å². The molecule has 30 heavy (non-hydrogen) atoms. The van der Waals surface area contributed by atoms with E-state index in [1.165, 1.54) is 0 Å². The van der Waals surface area contributed by atoms with Crippen molar-refractivity contribution in [2.45, 2.75) is 50.5 Å². The van der Waals surface area contributed by atoms with E-state index in [0.717, 1.165) is 61.5 Å². The number of rotatable bonds is 4. The molecule has 1 fully saturated rings. The Labute approximate surface area is 178 Å². The Kier molecular flexibility index (Phi) is 5.79. The first-order valence-corrected chi connectivity index (χ1v) is 11.9. The number of hydrogen-bond acceptors (Lipinski definition) is 5. The summed E-state index contributed by atoms with van der Waals surface area (Å²) in [5.41, 5.74) is 2.72. The Hall–Kier alpha value is -2.45. The zero-order valence-electron chi connectivity index (χ0n) is 17.5. The van der Waals surface area contributed by atoms with E-state index in [4.69, 9.17) is 0 Å². The number of hydrogen-bond donors (Lipinski definition) is 1. The maximum Gasteiger partial charge on any atom is 0.240 e. The zero-order chi connectivity index (χ0) is 21.3. The fourth-order valence-corrected chi connectivity index (χ4v) is 5.64. The Morgan fingerprint density at radius 3 is 2.60 bits per heavy atom. The van der Waals surface area contributed by atoms with Crippen LogP contribution >= 0.6 is 0 Å². The van der Waals surface area contributed by atoms with Crippen molar-refractivity contribution in [2.24, 2.45) is 0 Å². The van der Waals surface area contributed by atoms with Crippen molar-refractivity contribution in [3.63, 3.8) is 0 Å². The van der Waals surface area contributed by atoms with Crippen LogP contribution in [0.3, 0.4) is 0 Å². The van der Waals surface area contributed by atoms with Crippen LogP contribution in [-0.4, -0.2) is 45.0 Å². The van der Waals surface area contributed by atoms with Crippen LogP contribution in [0.25, 0.3) is 0 Å². The molecule has 0 atom stereocenters. The van der Waals surface area contributed by atoms with Crippen molar-refractivity contribution in [1.82, 2.24) is 9.71 Å². The Morgan fingerprint density at radius 1 is 1.13 bits per heavy atom. The topological polar surface area (TPSA) is 82.6 Å². The lowest BCUT2D eigenvalue weighted by Gasteiger charge is -2.33. The van der Waals surface area contributed by atoms with E-state index in [1.54, 1.807) is 30.0 Å². The lowest BCUT2D eigenvalue weighted by atomic mass is 10.0. The van der Waals surface area contributed by atoms with Gasteiger partial charge in [0.15, 0.2) is 0 Å². The Morgan fingerprint density at radius 2 is 1.90 bits per heavy atom. The average molecular weight is 429 g/mol. The van der Waals surface area contributed by atoms with Crippen molar-refractivity contribution in [3.05, 3.63) is 47.7 Å². The minimum Gasteiger partial charge on any atom is -0.356 e. The van der Waals surface area contributed by atoms with Gasteiger partial charge in [0.25, 0.3) is 0 Å². The Balaban J connectivity index is 1.43. The lowest BCUT2D eigenvalue weighted by Crippen LogP contribution is -2.45. The first-order valence-electron chi connectivity index (χ1n) is 10.5. The van der Waals surface area contributed by atoms with Crippen molar-refractivity contribution in [1.29, 1.82) is 0 Å². The summed E-state index contributed by atoms with van der Waals surface area (Å²) in [5, 5.41) is 0. The van der Waals surface area contributed by atoms with E-state index in [2.05, 4.69) is 14.6 Å². The van der Waals surface area contributed by atoms with Gasteiger partial charge in [0.1, 0.15) is 5.82 Å². The molecule has 0 aliphatic carbocycles. The molecule has 8 heteroatoms. The summed E-state index contributed by atoms with van der Waals surface area (Å²) < 4.78 is 28.8. The minimum absolute atomic E-state index is 0.0143. The zero-order valence-corrected chi connectivity index (χ0v) is 18.3. The van der Waals surface area contributed by atoms with Gasteiger partial charge >= 0.3 is 0 Å². The predicted molar refractivity (Wildman–Crippen MR) is 117 cm³/mol. The van der Waals surface area contributed by atoms with Crippen molar-refractivity contribution in [3.8, 4) is 0 Å². The van der Waals surface area contributed by atoms with Gasteiger partial charge in [-0.25, -0.2) is 18.1 Å². The van der Waals surface area contributed by atoms with Crippen LogP contribution in [0, 0.1) is 6.92 Å². The van der Waals surface area contributed by atoms with Crippen LogP contribution in [0.15, 0.2) is 41.3 Å². The molecule has 1 N–H and O–H groups in total. The number of pyridine rings is 1. The lowest BCUT2D eigenvalue weighted by molar-refractivity contribution is -0.116. The van der Waals surface area contributed by atoms with Gasteiger partial charge in [-0.05, 0) is 68.5 Å². The summed E-state index contributed by atoms with van der Waals surface area (Å²) in [5.74, 6) is 0.931. The van der Waals surface area contributed by atoms with E-state index < -0.39 is 10.0 Å². The van der Waals surface area contributed by atoms with Gasteiger partial charge in [0.05, 0.1) is 4.90 Å². The highest BCUT2D eigenvalue weighted by Crippen LogP contribution is 2.30. The summed E-state index contributed by atoms with van der Waals surface area (Å²) in [6.07, 6.45) is 3.09. The highest BCUT2D eigenvalue weighted by atomic mass is 32.2. The molecule has 2 aromatic rings. The molecule has 0 bridgehead atoms. The molecule has 3 heterocycles. The molecule has 1 aromatic carbocycles. The molecule has 0 unspecified atom stereocenters. The normalized spacial score (nSPS) is 17.7. The van der Waals surface area contributed by atoms with Crippen LogP contribution in [0.5, 0.6) is 0 Å². The monoisotopic (exact) mass is 428 g/mol. The standard InChI is InChI=1S/C22H28N4O3S/c1-16-5-3-7-22(23-16)25-13-10-19(11-14-25)24-30(28,29)20-8-9-21-18(15-20)6-4-12-26(21)17(2)27/h3,5,7-9,15,19,24H,4,6,10-14H2,1-2H3. The molecule has 1 aromatic heterocycles. The van der Waals surface area contributed by atoms with Crippen LogP contribution in [0.2, 0.25) is 0 Å². The highest BCUT2D eigenvalue weighted by molar-refractivity contribution is 7.89. The van der Waals surface area contributed by atoms with Gasteiger partial charge in [0, 0.05) is 44.0 Å².